The van der Waals surface area contributed by atoms with Crippen molar-refractivity contribution in [1.29, 1.82) is 0 Å². The molecular weight excluding hydrogens is 240 g/mol. The Morgan fingerprint density at radius 2 is 1.95 bits per heavy atom. The lowest BCUT2D eigenvalue weighted by Gasteiger charge is -2.38. The number of aliphatic hydroxyl groups is 1. The normalized spacial score (nSPS) is 20.8. The van der Waals surface area contributed by atoms with E-state index in [2.05, 4.69) is 34.5 Å². The van der Waals surface area contributed by atoms with Crippen molar-refractivity contribution in [2.24, 2.45) is 5.92 Å². The topological polar surface area (TPSA) is 52.6 Å². The zero-order chi connectivity index (χ0) is 13.4. The first kappa shape index (κ1) is 12.5. The molecule has 1 heterocycles. The molecule has 4 nitrogen and oxygen atoms in total. The van der Waals surface area contributed by atoms with E-state index in [0.29, 0.717) is 13.1 Å². The van der Waals surface area contributed by atoms with E-state index in [1.54, 1.807) is 0 Å². The van der Waals surface area contributed by atoms with Crippen LogP contribution >= 0.6 is 0 Å². The van der Waals surface area contributed by atoms with Crippen LogP contribution in [0.5, 0.6) is 0 Å². The van der Waals surface area contributed by atoms with Gasteiger partial charge in [0.1, 0.15) is 0 Å². The van der Waals surface area contributed by atoms with Gasteiger partial charge in [-0.25, -0.2) is 0 Å². The SMILES string of the molecule is C[C@H](NC(=O)C1CC1)c1ccc(N2CC(O)C2)cc1. The lowest BCUT2D eigenvalue weighted by molar-refractivity contribution is -0.122. The van der Waals surface area contributed by atoms with Gasteiger partial charge in [-0.2, -0.15) is 0 Å². The quantitative estimate of drug-likeness (QED) is 0.861. The van der Waals surface area contributed by atoms with Gasteiger partial charge in [0.25, 0.3) is 0 Å². The molecule has 0 unspecified atom stereocenters. The van der Waals surface area contributed by atoms with Crippen LogP contribution in [0.1, 0.15) is 31.4 Å². The summed E-state index contributed by atoms with van der Waals surface area (Å²) < 4.78 is 0. The molecule has 3 rings (SSSR count). The van der Waals surface area contributed by atoms with E-state index in [1.807, 2.05) is 6.92 Å². The maximum atomic E-state index is 11.7. The maximum absolute atomic E-state index is 11.7. The number of amides is 1. The Morgan fingerprint density at radius 1 is 1.32 bits per heavy atom. The molecule has 102 valence electrons. The van der Waals surface area contributed by atoms with Gasteiger partial charge < -0.3 is 15.3 Å². The summed E-state index contributed by atoms with van der Waals surface area (Å²) in [5.74, 6) is 0.437. The molecule has 1 aliphatic heterocycles. The summed E-state index contributed by atoms with van der Waals surface area (Å²) in [4.78, 5) is 13.8. The first-order valence-corrected chi connectivity index (χ1v) is 6.97. The van der Waals surface area contributed by atoms with Gasteiger partial charge in [-0.3, -0.25) is 4.79 Å². The second kappa shape index (κ2) is 4.85. The van der Waals surface area contributed by atoms with E-state index < -0.39 is 0 Å². The first-order chi connectivity index (χ1) is 9.13. The van der Waals surface area contributed by atoms with Gasteiger partial charge in [-0.15, -0.1) is 0 Å². The summed E-state index contributed by atoms with van der Waals surface area (Å²) in [5, 5.41) is 12.3. The standard InChI is InChI=1S/C15H20N2O2/c1-10(16-15(19)12-2-3-12)11-4-6-13(7-5-11)17-8-14(18)9-17/h4-7,10,12,14,18H,2-3,8-9H2,1H3,(H,16,19)/t10-/m0/s1. The molecule has 19 heavy (non-hydrogen) atoms. The van der Waals surface area contributed by atoms with Crippen LogP contribution in [0.4, 0.5) is 5.69 Å². The van der Waals surface area contributed by atoms with Gasteiger partial charge in [-0.05, 0) is 37.5 Å². The van der Waals surface area contributed by atoms with E-state index in [9.17, 15) is 9.90 Å². The predicted molar refractivity (Wildman–Crippen MR) is 73.9 cm³/mol. The van der Waals surface area contributed by atoms with Crippen molar-refractivity contribution in [3.8, 4) is 0 Å². The molecule has 1 atom stereocenters. The maximum Gasteiger partial charge on any atom is 0.223 e. The fraction of sp³-hybridized carbons (Fsp3) is 0.533. The van der Waals surface area contributed by atoms with E-state index in [4.69, 9.17) is 0 Å². The molecule has 1 aromatic carbocycles. The van der Waals surface area contributed by atoms with Gasteiger partial charge in [0.2, 0.25) is 5.91 Å². The highest BCUT2D eigenvalue weighted by Gasteiger charge is 2.30. The van der Waals surface area contributed by atoms with Crippen LogP contribution in [0.25, 0.3) is 0 Å². The van der Waals surface area contributed by atoms with E-state index in [0.717, 1.165) is 24.1 Å². The third kappa shape index (κ3) is 2.73. The fourth-order valence-electron chi connectivity index (χ4n) is 2.40. The molecule has 0 spiro atoms. The van der Waals surface area contributed by atoms with Gasteiger partial charge >= 0.3 is 0 Å². The summed E-state index contributed by atoms with van der Waals surface area (Å²) in [7, 11) is 0. The number of β-amino-alcohol motifs (C(OH)–C–C–N with tert-alkyl or cyclic N) is 1. The molecule has 1 aliphatic carbocycles. The third-order valence-corrected chi connectivity index (χ3v) is 3.93. The monoisotopic (exact) mass is 260 g/mol. The van der Waals surface area contributed by atoms with Gasteiger partial charge in [0.15, 0.2) is 0 Å². The number of aliphatic hydroxyl groups excluding tert-OH is 1. The molecule has 0 bridgehead atoms. The second-order valence-electron chi connectivity index (χ2n) is 5.65. The van der Waals surface area contributed by atoms with Crippen LogP contribution in [-0.2, 0) is 4.79 Å². The number of carbonyl (C=O) groups excluding carboxylic acids is 1. The van der Waals surface area contributed by atoms with Gasteiger partial charge in [0.05, 0.1) is 12.1 Å². The predicted octanol–water partition coefficient (Wildman–Crippen LogP) is 1.45. The highest BCUT2D eigenvalue weighted by atomic mass is 16.3. The summed E-state index contributed by atoms with van der Waals surface area (Å²) in [6, 6.07) is 8.28. The molecule has 2 fully saturated rings. The van der Waals surface area contributed by atoms with Crippen molar-refractivity contribution in [2.75, 3.05) is 18.0 Å². The molecule has 1 saturated carbocycles. The average molecular weight is 260 g/mol. The van der Waals surface area contributed by atoms with Gasteiger partial charge in [-0.1, -0.05) is 12.1 Å². The summed E-state index contributed by atoms with van der Waals surface area (Å²) in [5.41, 5.74) is 2.26. The number of anilines is 1. The zero-order valence-electron chi connectivity index (χ0n) is 11.2. The number of carbonyl (C=O) groups is 1. The number of nitrogens with one attached hydrogen (secondary N) is 1. The molecule has 4 heteroatoms. The van der Waals surface area contributed by atoms with E-state index >= 15 is 0 Å². The van der Waals surface area contributed by atoms with Crippen molar-refractivity contribution in [3.63, 3.8) is 0 Å². The summed E-state index contributed by atoms with van der Waals surface area (Å²) >= 11 is 0. The minimum Gasteiger partial charge on any atom is -0.389 e. The fourth-order valence-corrected chi connectivity index (χ4v) is 2.40. The Labute approximate surface area is 113 Å². The van der Waals surface area contributed by atoms with Crippen LogP contribution in [0, 0.1) is 5.92 Å². The summed E-state index contributed by atoms with van der Waals surface area (Å²) in [6.07, 6.45) is 1.89. The number of nitrogens with zero attached hydrogens (tertiary/aromatic N) is 1. The van der Waals surface area contributed by atoms with Crippen LogP contribution < -0.4 is 10.2 Å². The molecule has 1 amide bonds. The number of hydrogen-bond acceptors (Lipinski definition) is 3. The molecule has 1 saturated heterocycles. The molecule has 1 aromatic rings. The zero-order valence-corrected chi connectivity index (χ0v) is 11.2. The van der Waals surface area contributed by atoms with Crippen molar-refractivity contribution >= 4 is 11.6 Å². The molecule has 0 radical (unpaired) electrons. The lowest BCUT2D eigenvalue weighted by Crippen LogP contribution is -2.50. The van der Waals surface area contributed by atoms with Crippen LogP contribution in [0.2, 0.25) is 0 Å². The Bertz CT molecular complexity index is 462. The number of rotatable bonds is 4. The Hall–Kier alpha value is -1.55. The lowest BCUT2D eigenvalue weighted by atomic mass is 10.1. The third-order valence-electron chi connectivity index (χ3n) is 3.93. The molecular formula is C15H20N2O2. The van der Waals surface area contributed by atoms with Crippen LogP contribution in [-0.4, -0.2) is 30.2 Å². The van der Waals surface area contributed by atoms with Crippen LogP contribution in [0.3, 0.4) is 0 Å². The average Bonchev–Trinajstić information content (AvgIpc) is 3.19. The van der Waals surface area contributed by atoms with E-state index in [1.165, 1.54) is 0 Å². The smallest absolute Gasteiger partial charge is 0.223 e. The Kier molecular flexibility index (Phi) is 3.19. The second-order valence-corrected chi connectivity index (χ2v) is 5.65. The molecule has 2 N–H and O–H groups in total. The van der Waals surface area contributed by atoms with Crippen molar-refractivity contribution in [1.82, 2.24) is 5.32 Å². The largest absolute Gasteiger partial charge is 0.389 e. The van der Waals surface area contributed by atoms with Crippen molar-refractivity contribution in [2.45, 2.75) is 31.9 Å². The minimum absolute atomic E-state index is 0.0594. The number of benzene rings is 1. The van der Waals surface area contributed by atoms with Crippen LogP contribution in [0.15, 0.2) is 24.3 Å². The van der Waals surface area contributed by atoms with Crippen molar-refractivity contribution < 1.29 is 9.90 Å². The van der Waals surface area contributed by atoms with E-state index in [-0.39, 0.29) is 24.0 Å². The minimum atomic E-state index is -0.184. The highest BCUT2D eigenvalue weighted by Crippen LogP contribution is 2.30. The first-order valence-electron chi connectivity index (χ1n) is 6.97. The van der Waals surface area contributed by atoms with Crippen molar-refractivity contribution in [3.05, 3.63) is 29.8 Å². The Balaban J connectivity index is 1.59. The Morgan fingerprint density at radius 3 is 2.47 bits per heavy atom. The molecule has 2 aliphatic rings. The van der Waals surface area contributed by atoms with Gasteiger partial charge in [0, 0.05) is 24.7 Å². The molecule has 0 aromatic heterocycles. The highest BCUT2D eigenvalue weighted by molar-refractivity contribution is 5.81. The number of hydrogen-bond donors (Lipinski definition) is 2. The summed E-state index contributed by atoms with van der Waals surface area (Å²) in [6.45, 7) is 3.45.